The normalized spacial score (nSPS) is 10.2. The highest BCUT2D eigenvalue weighted by molar-refractivity contribution is 5.76. The Balaban J connectivity index is 3.33. The van der Waals surface area contributed by atoms with E-state index in [-0.39, 0.29) is 12.3 Å². The van der Waals surface area contributed by atoms with Crippen LogP contribution in [-0.2, 0) is 9.59 Å². The Morgan fingerprint density at radius 2 is 1.93 bits per heavy atom. The quantitative estimate of drug-likeness (QED) is 0.606. The van der Waals surface area contributed by atoms with Crippen molar-refractivity contribution in [3.8, 4) is 0 Å². The van der Waals surface area contributed by atoms with Crippen LogP contribution in [0.3, 0.4) is 0 Å². The Labute approximate surface area is 84.1 Å². The van der Waals surface area contributed by atoms with Gasteiger partial charge in [0.15, 0.2) is 0 Å². The minimum Gasteiger partial charge on any atom is -0.481 e. The van der Waals surface area contributed by atoms with E-state index in [0.29, 0.717) is 19.4 Å². The van der Waals surface area contributed by atoms with Crippen LogP contribution in [0, 0.1) is 0 Å². The van der Waals surface area contributed by atoms with Gasteiger partial charge in [-0.1, -0.05) is 0 Å². The van der Waals surface area contributed by atoms with Gasteiger partial charge >= 0.3 is 5.97 Å². The topological polar surface area (TPSA) is 69.6 Å². The van der Waals surface area contributed by atoms with Crippen LogP contribution in [0.15, 0.2) is 0 Å². The Morgan fingerprint density at radius 1 is 1.29 bits per heavy atom. The zero-order chi connectivity index (χ0) is 11.0. The third-order valence-corrected chi connectivity index (χ3v) is 1.68. The Kier molecular flexibility index (Phi) is 6.74. The molecule has 0 bridgehead atoms. The third-order valence-electron chi connectivity index (χ3n) is 1.68. The molecule has 0 aromatic carbocycles. The van der Waals surface area contributed by atoms with Gasteiger partial charge in [0.25, 0.3) is 0 Å². The van der Waals surface area contributed by atoms with Crippen molar-refractivity contribution in [1.29, 1.82) is 0 Å². The first-order valence-corrected chi connectivity index (χ1v) is 4.65. The molecule has 5 nitrogen and oxygen atoms in total. The van der Waals surface area contributed by atoms with Crippen molar-refractivity contribution in [3.63, 3.8) is 0 Å². The molecule has 14 heavy (non-hydrogen) atoms. The molecule has 0 rings (SSSR count). The van der Waals surface area contributed by atoms with E-state index in [0.717, 1.165) is 6.54 Å². The van der Waals surface area contributed by atoms with Crippen molar-refractivity contribution in [2.24, 2.45) is 0 Å². The molecule has 0 radical (unpaired) electrons. The lowest BCUT2D eigenvalue weighted by Gasteiger charge is -2.09. The molecule has 0 aromatic rings. The minimum atomic E-state index is -0.855. The summed E-state index contributed by atoms with van der Waals surface area (Å²) >= 11 is 0. The average molecular weight is 202 g/mol. The van der Waals surface area contributed by atoms with E-state index in [1.807, 2.05) is 19.0 Å². The van der Waals surface area contributed by atoms with Gasteiger partial charge < -0.3 is 15.3 Å². The summed E-state index contributed by atoms with van der Waals surface area (Å²) in [6.45, 7) is 1.41. The van der Waals surface area contributed by atoms with Crippen molar-refractivity contribution in [2.75, 3.05) is 27.2 Å². The Morgan fingerprint density at radius 3 is 2.43 bits per heavy atom. The molecule has 0 aliphatic carbocycles. The number of carboxylic acids is 1. The van der Waals surface area contributed by atoms with E-state index in [1.165, 1.54) is 0 Å². The number of nitrogens with zero attached hydrogens (tertiary/aromatic N) is 1. The summed E-state index contributed by atoms with van der Waals surface area (Å²) in [4.78, 5) is 23.2. The number of nitrogens with one attached hydrogen (secondary N) is 1. The number of amides is 1. The predicted octanol–water partition coefficient (Wildman–Crippen LogP) is -0.0809. The highest BCUT2D eigenvalue weighted by Gasteiger charge is 2.02. The van der Waals surface area contributed by atoms with Gasteiger partial charge in [0.2, 0.25) is 5.91 Å². The van der Waals surface area contributed by atoms with Gasteiger partial charge in [0, 0.05) is 25.9 Å². The van der Waals surface area contributed by atoms with Gasteiger partial charge in [0.05, 0.1) is 0 Å². The van der Waals surface area contributed by atoms with Crippen molar-refractivity contribution < 1.29 is 14.7 Å². The molecular weight excluding hydrogens is 184 g/mol. The first-order chi connectivity index (χ1) is 6.52. The van der Waals surface area contributed by atoms with Crippen LogP contribution in [0.25, 0.3) is 0 Å². The van der Waals surface area contributed by atoms with Crippen LogP contribution in [0.2, 0.25) is 0 Å². The molecule has 0 atom stereocenters. The standard InChI is InChI=1S/C9H18N2O3/c1-11(2)7-6-10-8(12)4-3-5-9(13)14/h3-7H2,1-2H3,(H,10,12)(H,13,14). The summed E-state index contributed by atoms with van der Waals surface area (Å²) in [5, 5.41) is 11.1. The molecule has 0 aliphatic heterocycles. The van der Waals surface area contributed by atoms with Gasteiger partial charge in [-0.2, -0.15) is 0 Å². The fourth-order valence-electron chi connectivity index (χ4n) is 0.907. The average Bonchev–Trinajstić information content (AvgIpc) is 2.02. The Bertz CT molecular complexity index is 192. The molecule has 0 aliphatic rings. The zero-order valence-electron chi connectivity index (χ0n) is 8.75. The molecule has 1 amide bonds. The van der Waals surface area contributed by atoms with Gasteiger partial charge in [-0.25, -0.2) is 0 Å². The molecule has 0 aromatic heterocycles. The largest absolute Gasteiger partial charge is 0.481 e. The summed E-state index contributed by atoms with van der Waals surface area (Å²) in [5.41, 5.74) is 0. The molecule has 0 spiro atoms. The number of carbonyl (C=O) groups excluding carboxylic acids is 1. The second-order valence-corrected chi connectivity index (χ2v) is 3.40. The lowest BCUT2D eigenvalue weighted by molar-refractivity contribution is -0.137. The van der Waals surface area contributed by atoms with E-state index in [4.69, 9.17) is 5.11 Å². The van der Waals surface area contributed by atoms with Crippen LogP contribution in [0.4, 0.5) is 0 Å². The molecule has 0 saturated heterocycles. The third kappa shape index (κ3) is 8.99. The van der Waals surface area contributed by atoms with Crippen LogP contribution in [0.5, 0.6) is 0 Å². The number of likely N-dealkylation sites (N-methyl/N-ethyl adjacent to an activating group) is 1. The summed E-state index contributed by atoms with van der Waals surface area (Å²) in [5.74, 6) is -0.931. The summed E-state index contributed by atoms with van der Waals surface area (Å²) < 4.78 is 0. The molecule has 5 heteroatoms. The van der Waals surface area contributed by atoms with Crippen molar-refractivity contribution >= 4 is 11.9 Å². The lowest BCUT2D eigenvalue weighted by Crippen LogP contribution is -2.31. The fraction of sp³-hybridized carbons (Fsp3) is 0.778. The number of carboxylic acid groups (broad SMARTS) is 1. The van der Waals surface area contributed by atoms with E-state index in [9.17, 15) is 9.59 Å². The summed E-state index contributed by atoms with van der Waals surface area (Å²) in [6, 6.07) is 0. The second-order valence-electron chi connectivity index (χ2n) is 3.40. The fourth-order valence-corrected chi connectivity index (χ4v) is 0.907. The molecule has 2 N–H and O–H groups in total. The Hall–Kier alpha value is -1.10. The van der Waals surface area contributed by atoms with Crippen molar-refractivity contribution in [3.05, 3.63) is 0 Å². The number of aliphatic carboxylic acids is 1. The number of hydrogen-bond donors (Lipinski definition) is 2. The van der Waals surface area contributed by atoms with Crippen LogP contribution >= 0.6 is 0 Å². The van der Waals surface area contributed by atoms with Crippen molar-refractivity contribution in [1.82, 2.24) is 10.2 Å². The number of carbonyl (C=O) groups is 2. The first kappa shape index (κ1) is 12.9. The highest BCUT2D eigenvalue weighted by Crippen LogP contribution is 1.94. The zero-order valence-corrected chi connectivity index (χ0v) is 8.75. The molecule has 0 heterocycles. The lowest BCUT2D eigenvalue weighted by atomic mass is 10.2. The predicted molar refractivity (Wildman–Crippen MR) is 53.1 cm³/mol. The molecule has 0 saturated carbocycles. The SMILES string of the molecule is CN(C)CCNC(=O)CCCC(=O)O. The number of hydrogen-bond acceptors (Lipinski definition) is 3. The smallest absolute Gasteiger partial charge is 0.303 e. The van der Waals surface area contributed by atoms with Gasteiger partial charge in [-0.15, -0.1) is 0 Å². The molecule has 0 fully saturated rings. The maximum absolute atomic E-state index is 11.1. The van der Waals surface area contributed by atoms with E-state index >= 15 is 0 Å². The minimum absolute atomic E-state index is 0.0566. The van der Waals surface area contributed by atoms with Gasteiger partial charge in [-0.05, 0) is 20.5 Å². The van der Waals surface area contributed by atoms with Crippen LogP contribution in [-0.4, -0.2) is 49.1 Å². The van der Waals surface area contributed by atoms with E-state index < -0.39 is 5.97 Å². The highest BCUT2D eigenvalue weighted by atomic mass is 16.4. The summed E-state index contributed by atoms with van der Waals surface area (Å²) in [6.07, 6.45) is 0.754. The maximum Gasteiger partial charge on any atom is 0.303 e. The van der Waals surface area contributed by atoms with Crippen molar-refractivity contribution in [2.45, 2.75) is 19.3 Å². The van der Waals surface area contributed by atoms with Crippen LogP contribution in [0.1, 0.15) is 19.3 Å². The van der Waals surface area contributed by atoms with E-state index in [1.54, 1.807) is 0 Å². The van der Waals surface area contributed by atoms with Gasteiger partial charge in [-0.3, -0.25) is 9.59 Å². The number of rotatable bonds is 7. The molecule has 0 unspecified atom stereocenters. The van der Waals surface area contributed by atoms with E-state index in [2.05, 4.69) is 5.32 Å². The first-order valence-electron chi connectivity index (χ1n) is 4.65. The molecular formula is C9H18N2O3. The maximum atomic E-state index is 11.1. The summed E-state index contributed by atoms with van der Waals surface area (Å²) in [7, 11) is 3.85. The second kappa shape index (κ2) is 7.32. The monoisotopic (exact) mass is 202 g/mol. The van der Waals surface area contributed by atoms with Crippen LogP contribution < -0.4 is 5.32 Å². The van der Waals surface area contributed by atoms with Gasteiger partial charge in [0.1, 0.15) is 0 Å². The molecule has 82 valence electrons.